The number of hydrogen-bond acceptors (Lipinski definition) is 5. The van der Waals surface area contributed by atoms with E-state index in [1.54, 1.807) is 19.2 Å². The number of methoxy groups -OCH3 is 1. The van der Waals surface area contributed by atoms with E-state index in [-0.39, 0.29) is 17.3 Å². The Balaban J connectivity index is 2.16. The first-order valence-electron chi connectivity index (χ1n) is 5.60. The maximum atomic E-state index is 11.6. The molecule has 1 rings (SSSR count). The van der Waals surface area contributed by atoms with E-state index in [2.05, 4.69) is 4.98 Å². The number of esters is 1. The number of hydrogen-bond donors (Lipinski definition) is 0. The Morgan fingerprint density at radius 1 is 1.33 bits per heavy atom. The Hall–Kier alpha value is -1.17. The number of pyridine rings is 1. The average Bonchev–Trinajstić information content (AvgIpc) is 2.38. The van der Waals surface area contributed by atoms with E-state index in [0.717, 1.165) is 0 Å². The van der Waals surface area contributed by atoms with Gasteiger partial charge in [-0.1, -0.05) is 11.6 Å². The van der Waals surface area contributed by atoms with Gasteiger partial charge in [-0.2, -0.15) is 0 Å². The van der Waals surface area contributed by atoms with Gasteiger partial charge in [0.05, 0.1) is 25.4 Å². The van der Waals surface area contributed by atoms with Gasteiger partial charge in [0.2, 0.25) is 0 Å². The van der Waals surface area contributed by atoms with Crippen LogP contribution in [0.25, 0.3) is 0 Å². The molecule has 1 heterocycles. The zero-order valence-electron chi connectivity index (χ0n) is 10.2. The Kier molecular flexibility index (Phi) is 7.32. The van der Waals surface area contributed by atoms with Gasteiger partial charge in [0.1, 0.15) is 5.15 Å². The topological polar surface area (TPSA) is 57.7 Å². The summed E-state index contributed by atoms with van der Waals surface area (Å²) in [5.74, 6) is -0.468. The Morgan fingerprint density at radius 2 is 2.17 bits per heavy atom. The van der Waals surface area contributed by atoms with E-state index in [4.69, 9.17) is 25.8 Å². The van der Waals surface area contributed by atoms with E-state index in [1.165, 1.54) is 6.20 Å². The summed E-state index contributed by atoms with van der Waals surface area (Å²) in [6.45, 7) is 1.92. The molecule has 5 nitrogen and oxygen atoms in total. The maximum Gasteiger partial charge on any atom is 0.341 e. The van der Waals surface area contributed by atoms with Crippen molar-refractivity contribution in [3.8, 4) is 0 Å². The number of carbonyl (C=O) groups is 1. The van der Waals surface area contributed by atoms with Crippen molar-refractivity contribution in [1.29, 1.82) is 0 Å². The molecule has 0 bridgehead atoms. The molecule has 0 saturated heterocycles. The van der Waals surface area contributed by atoms with Gasteiger partial charge in [0, 0.05) is 26.3 Å². The van der Waals surface area contributed by atoms with Gasteiger partial charge in [0.15, 0.2) is 0 Å². The van der Waals surface area contributed by atoms with Crippen LogP contribution in [0.4, 0.5) is 0 Å². The predicted molar refractivity (Wildman–Crippen MR) is 66.8 cm³/mol. The molecule has 1 aromatic heterocycles. The maximum absolute atomic E-state index is 11.6. The summed E-state index contributed by atoms with van der Waals surface area (Å²) in [5, 5.41) is 0.152. The van der Waals surface area contributed by atoms with Gasteiger partial charge in [-0.25, -0.2) is 9.78 Å². The SMILES string of the molecule is COCCOCCCOC(=O)c1cccnc1Cl. The lowest BCUT2D eigenvalue weighted by Crippen LogP contribution is -2.10. The first-order valence-corrected chi connectivity index (χ1v) is 5.98. The largest absolute Gasteiger partial charge is 0.462 e. The molecule has 0 fully saturated rings. The number of ether oxygens (including phenoxy) is 3. The van der Waals surface area contributed by atoms with Crippen LogP contribution in [0.15, 0.2) is 18.3 Å². The highest BCUT2D eigenvalue weighted by Gasteiger charge is 2.11. The number of nitrogens with zero attached hydrogens (tertiary/aromatic N) is 1. The van der Waals surface area contributed by atoms with Gasteiger partial charge in [-0.05, 0) is 12.1 Å². The highest BCUT2D eigenvalue weighted by Crippen LogP contribution is 2.12. The second-order valence-electron chi connectivity index (χ2n) is 3.44. The lowest BCUT2D eigenvalue weighted by atomic mass is 10.3. The fraction of sp³-hybridized carbons (Fsp3) is 0.500. The molecule has 1 aromatic rings. The van der Waals surface area contributed by atoms with Gasteiger partial charge >= 0.3 is 5.97 Å². The van der Waals surface area contributed by atoms with Gasteiger partial charge in [-0.3, -0.25) is 0 Å². The quantitative estimate of drug-likeness (QED) is 0.412. The van der Waals surface area contributed by atoms with Crippen molar-refractivity contribution in [2.24, 2.45) is 0 Å². The van der Waals surface area contributed by atoms with Crippen molar-refractivity contribution in [2.45, 2.75) is 6.42 Å². The fourth-order valence-electron chi connectivity index (χ4n) is 1.19. The fourth-order valence-corrected chi connectivity index (χ4v) is 1.38. The molecule has 0 saturated carbocycles. The molecule has 18 heavy (non-hydrogen) atoms. The number of carbonyl (C=O) groups excluding carboxylic acids is 1. The van der Waals surface area contributed by atoms with Crippen LogP contribution in [0.5, 0.6) is 0 Å². The molecule has 0 aliphatic heterocycles. The zero-order chi connectivity index (χ0) is 13.2. The highest BCUT2D eigenvalue weighted by atomic mass is 35.5. The van der Waals surface area contributed by atoms with Crippen molar-refractivity contribution >= 4 is 17.6 Å². The van der Waals surface area contributed by atoms with Crippen molar-refractivity contribution < 1.29 is 19.0 Å². The third-order valence-corrected chi connectivity index (χ3v) is 2.38. The number of rotatable bonds is 8. The van der Waals surface area contributed by atoms with Gasteiger partial charge < -0.3 is 14.2 Å². The minimum atomic E-state index is -0.468. The van der Waals surface area contributed by atoms with Crippen LogP contribution < -0.4 is 0 Å². The highest BCUT2D eigenvalue weighted by molar-refractivity contribution is 6.32. The molecule has 0 aliphatic carbocycles. The van der Waals surface area contributed by atoms with Crippen LogP contribution >= 0.6 is 11.6 Å². The first-order chi connectivity index (χ1) is 8.75. The third-order valence-electron chi connectivity index (χ3n) is 2.08. The third kappa shape index (κ3) is 5.44. The second kappa shape index (κ2) is 8.85. The Bertz CT molecular complexity index is 373. The van der Waals surface area contributed by atoms with Crippen molar-refractivity contribution in [2.75, 3.05) is 33.5 Å². The molecule has 6 heteroatoms. The first kappa shape index (κ1) is 14.9. The van der Waals surface area contributed by atoms with Crippen molar-refractivity contribution in [3.63, 3.8) is 0 Å². The lowest BCUT2D eigenvalue weighted by Gasteiger charge is -2.06. The normalized spacial score (nSPS) is 10.3. The van der Waals surface area contributed by atoms with Crippen LogP contribution in [0.1, 0.15) is 16.8 Å². The number of aromatic nitrogens is 1. The lowest BCUT2D eigenvalue weighted by molar-refractivity contribution is 0.0385. The molecule has 0 unspecified atom stereocenters. The molecular formula is C12H16ClNO4. The van der Waals surface area contributed by atoms with Crippen LogP contribution in [0, 0.1) is 0 Å². The Morgan fingerprint density at radius 3 is 2.89 bits per heavy atom. The summed E-state index contributed by atoms with van der Waals surface area (Å²) in [6, 6.07) is 3.21. The average molecular weight is 274 g/mol. The van der Waals surface area contributed by atoms with Crippen molar-refractivity contribution in [3.05, 3.63) is 29.0 Å². The summed E-state index contributed by atoms with van der Waals surface area (Å²) in [5.41, 5.74) is 0.277. The Labute approximate surface area is 111 Å². The van der Waals surface area contributed by atoms with Gasteiger partial charge in [-0.15, -0.1) is 0 Å². The number of halogens is 1. The minimum Gasteiger partial charge on any atom is -0.462 e. The second-order valence-corrected chi connectivity index (χ2v) is 3.79. The van der Waals surface area contributed by atoms with Crippen LogP contribution in [-0.2, 0) is 14.2 Å². The van der Waals surface area contributed by atoms with E-state index in [0.29, 0.717) is 26.2 Å². The van der Waals surface area contributed by atoms with Crippen molar-refractivity contribution in [1.82, 2.24) is 4.98 Å². The van der Waals surface area contributed by atoms with E-state index >= 15 is 0 Å². The molecule has 0 aliphatic rings. The van der Waals surface area contributed by atoms with E-state index in [1.807, 2.05) is 0 Å². The summed E-state index contributed by atoms with van der Waals surface area (Å²) in [4.78, 5) is 15.4. The molecule has 0 amide bonds. The predicted octanol–water partition coefficient (Wildman–Crippen LogP) is 1.94. The molecule has 100 valence electrons. The van der Waals surface area contributed by atoms with E-state index in [9.17, 15) is 4.79 Å². The summed E-state index contributed by atoms with van der Waals surface area (Å²) >= 11 is 5.77. The molecule has 0 radical (unpaired) electrons. The zero-order valence-corrected chi connectivity index (χ0v) is 11.0. The van der Waals surface area contributed by atoms with Crippen LogP contribution in [0.3, 0.4) is 0 Å². The molecule has 0 N–H and O–H groups in total. The molecule has 0 atom stereocenters. The van der Waals surface area contributed by atoms with E-state index < -0.39 is 5.97 Å². The smallest absolute Gasteiger partial charge is 0.341 e. The minimum absolute atomic E-state index is 0.152. The summed E-state index contributed by atoms with van der Waals surface area (Å²) in [6.07, 6.45) is 2.15. The van der Waals surface area contributed by atoms with Gasteiger partial charge in [0.25, 0.3) is 0 Å². The van der Waals surface area contributed by atoms with Crippen LogP contribution in [-0.4, -0.2) is 44.5 Å². The summed E-state index contributed by atoms with van der Waals surface area (Å²) < 4.78 is 15.1. The molecule has 0 spiro atoms. The summed E-state index contributed by atoms with van der Waals surface area (Å²) in [7, 11) is 1.61. The van der Waals surface area contributed by atoms with Crippen LogP contribution in [0.2, 0.25) is 5.15 Å². The standard InChI is InChI=1S/C12H16ClNO4/c1-16-8-9-17-6-3-7-18-12(15)10-4-2-5-14-11(10)13/h2,4-5H,3,6-9H2,1H3. The molecular weight excluding hydrogens is 258 g/mol. The monoisotopic (exact) mass is 273 g/mol. The molecule has 0 aromatic carbocycles.